The fourth-order valence-corrected chi connectivity index (χ4v) is 3.46. The quantitative estimate of drug-likeness (QED) is 0.689. The number of likely N-dealkylation sites (tertiary alicyclic amines) is 1. The fraction of sp³-hybridized carbons (Fsp3) is 0.812. The van der Waals surface area contributed by atoms with Crippen LogP contribution in [0.1, 0.15) is 46.0 Å². The van der Waals surface area contributed by atoms with E-state index in [1.54, 1.807) is 0 Å². The summed E-state index contributed by atoms with van der Waals surface area (Å²) in [5.41, 5.74) is 0. The maximum absolute atomic E-state index is 12.3. The number of carbonyl (C=O) groups excluding carboxylic acids is 1. The van der Waals surface area contributed by atoms with Crippen LogP contribution in [0.5, 0.6) is 0 Å². The zero-order chi connectivity index (χ0) is 13.8. The number of amides is 1. The van der Waals surface area contributed by atoms with Gasteiger partial charge in [0.05, 0.1) is 0 Å². The van der Waals surface area contributed by atoms with Gasteiger partial charge in [-0.1, -0.05) is 26.3 Å². The molecule has 1 amide bonds. The van der Waals surface area contributed by atoms with Crippen LogP contribution in [0, 0.1) is 5.92 Å². The minimum absolute atomic E-state index is 0.371. The molecule has 2 saturated heterocycles. The van der Waals surface area contributed by atoms with Gasteiger partial charge in [0.2, 0.25) is 5.91 Å². The number of rotatable bonds is 6. The van der Waals surface area contributed by atoms with Crippen LogP contribution < -0.4 is 0 Å². The number of piperazine rings is 1. The molecule has 2 rings (SSSR count). The lowest BCUT2D eigenvalue weighted by Gasteiger charge is -2.40. The molecule has 0 unspecified atom stereocenters. The van der Waals surface area contributed by atoms with Gasteiger partial charge in [-0.3, -0.25) is 9.69 Å². The van der Waals surface area contributed by atoms with Crippen LogP contribution in [0.25, 0.3) is 0 Å². The van der Waals surface area contributed by atoms with Crippen LogP contribution in [-0.2, 0) is 4.79 Å². The molecule has 2 aliphatic heterocycles. The third-order valence-electron chi connectivity index (χ3n) is 4.50. The van der Waals surface area contributed by atoms with Gasteiger partial charge < -0.3 is 4.90 Å². The normalized spacial score (nSPS) is 27.0. The first-order valence-electron chi connectivity index (χ1n) is 7.76. The summed E-state index contributed by atoms with van der Waals surface area (Å²) < 4.78 is 0. The molecule has 0 radical (unpaired) electrons. The van der Waals surface area contributed by atoms with Gasteiger partial charge in [0.1, 0.15) is 0 Å². The van der Waals surface area contributed by atoms with Crippen LogP contribution in [0.2, 0.25) is 0 Å². The van der Waals surface area contributed by atoms with Crippen molar-refractivity contribution in [1.29, 1.82) is 0 Å². The maximum atomic E-state index is 12.3. The molecule has 3 nitrogen and oxygen atoms in total. The summed E-state index contributed by atoms with van der Waals surface area (Å²) in [5, 5.41) is 0. The Balaban J connectivity index is 1.81. The molecule has 0 N–H and O–H groups in total. The number of carbonyl (C=O) groups is 1. The van der Waals surface area contributed by atoms with Crippen LogP contribution in [0.3, 0.4) is 0 Å². The third-order valence-corrected chi connectivity index (χ3v) is 4.50. The second-order valence-corrected chi connectivity index (χ2v) is 6.46. The Hall–Kier alpha value is -0.830. The summed E-state index contributed by atoms with van der Waals surface area (Å²) in [5.74, 6) is 1.07. The molecule has 2 heterocycles. The summed E-state index contributed by atoms with van der Waals surface area (Å²) in [6.45, 7) is 11.1. The SMILES string of the molecule is C=CCN1[C@@H]2CC[C@H]1CN(C(=O)CCCC(C)C)C2. The van der Waals surface area contributed by atoms with Gasteiger partial charge in [0, 0.05) is 38.1 Å². The van der Waals surface area contributed by atoms with Gasteiger partial charge in [0.25, 0.3) is 0 Å². The molecule has 3 heteroatoms. The smallest absolute Gasteiger partial charge is 0.222 e. The van der Waals surface area contributed by atoms with Crippen LogP contribution >= 0.6 is 0 Å². The van der Waals surface area contributed by atoms with Crippen molar-refractivity contribution < 1.29 is 4.79 Å². The molecule has 2 aliphatic rings. The van der Waals surface area contributed by atoms with E-state index in [4.69, 9.17) is 0 Å². The summed E-state index contributed by atoms with van der Waals surface area (Å²) in [7, 11) is 0. The maximum Gasteiger partial charge on any atom is 0.222 e. The second kappa shape index (κ2) is 6.56. The lowest BCUT2D eigenvalue weighted by atomic mass is 10.1. The number of fused-ring (bicyclic) bond motifs is 2. The molecule has 108 valence electrons. The van der Waals surface area contributed by atoms with E-state index in [2.05, 4.69) is 30.2 Å². The van der Waals surface area contributed by atoms with E-state index in [9.17, 15) is 4.79 Å². The molecule has 0 spiro atoms. The Morgan fingerprint density at radius 1 is 1.32 bits per heavy atom. The standard InChI is InChI=1S/C16H28N2O/c1-4-10-18-14-8-9-15(18)12-17(11-14)16(19)7-5-6-13(2)3/h4,13-15H,1,5-12H2,2-3H3/t14-,15+. The minimum atomic E-state index is 0.371. The van der Waals surface area contributed by atoms with Gasteiger partial charge >= 0.3 is 0 Å². The Labute approximate surface area is 117 Å². The van der Waals surface area contributed by atoms with Crippen molar-refractivity contribution in [2.24, 2.45) is 5.92 Å². The highest BCUT2D eigenvalue weighted by Crippen LogP contribution is 2.30. The Morgan fingerprint density at radius 2 is 1.95 bits per heavy atom. The molecule has 2 bridgehead atoms. The summed E-state index contributed by atoms with van der Waals surface area (Å²) >= 11 is 0. The highest BCUT2D eigenvalue weighted by atomic mass is 16.2. The summed E-state index contributed by atoms with van der Waals surface area (Å²) in [4.78, 5) is 16.9. The average Bonchev–Trinajstić information content (AvgIpc) is 2.61. The average molecular weight is 264 g/mol. The molecule has 2 atom stereocenters. The lowest BCUT2D eigenvalue weighted by molar-refractivity contribution is -0.134. The minimum Gasteiger partial charge on any atom is -0.340 e. The molecule has 0 aromatic rings. The zero-order valence-electron chi connectivity index (χ0n) is 12.5. The number of hydrogen-bond acceptors (Lipinski definition) is 2. The third kappa shape index (κ3) is 3.59. The van der Waals surface area contributed by atoms with Crippen molar-refractivity contribution in [3.8, 4) is 0 Å². The second-order valence-electron chi connectivity index (χ2n) is 6.46. The molecule has 19 heavy (non-hydrogen) atoms. The molecule has 2 fully saturated rings. The van der Waals surface area contributed by atoms with E-state index < -0.39 is 0 Å². The van der Waals surface area contributed by atoms with Crippen molar-refractivity contribution >= 4 is 5.91 Å². The monoisotopic (exact) mass is 264 g/mol. The zero-order valence-corrected chi connectivity index (χ0v) is 12.5. The van der Waals surface area contributed by atoms with Gasteiger partial charge in [-0.2, -0.15) is 0 Å². The fourth-order valence-electron chi connectivity index (χ4n) is 3.46. The van der Waals surface area contributed by atoms with E-state index in [0.717, 1.165) is 38.9 Å². The highest BCUT2D eigenvalue weighted by molar-refractivity contribution is 5.76. The van der Waals surface area contributed by atoms with Crippen LogP contribution in [0.15, 0.2) is 12.7 Å². The molecular weight excluding hydrogens is 236 g/mol. The van der Waals surface area contributed by atoms with Crippen LogP contribution in [0.4, 0.5) is 0 Å². The molecule has 0 aromatic carbocycles. The van der Waals surface area contributed by atoms with Crippen molar-refractivity contribution in [3.63, 3.8) is 0 Å². The predicted molar refractivity (Wildman–Crippen MR) is 79.0 cm³/mol. The number of hydrogen-bond donors (Lipinski definition) is 0. The van der Waals surface area contributed by atoms with Crippen LogP contribution in [-0.4, -0.2) is 47.4 Å². The van der Waals surface area contributed by atoms with Crippen molar-refractivity contribution in [2.45, 2.75) is 58.0 Å². The van der Waals surface area contributed by atoms with Gasteiger partial charge in [-0.25, -0.2) is 0 Å². The van der Waals surface area contributed by atoms with E-state index in [1.807, 2.05) is 6.08 Å². The van der Waals surface area contributed by atoms with E-state index in [0.29, 0.717) is 23.9 Å². The van der Waals surface area contributed by atoms with Gasteiger partial charge in [-0.15, -0.1) is 6.58 Å². The molecule has 0 saturated carbocycles. The first-order chi connectivity index (χ1) is 9.11. The summed E-state index contributed by atoms with van der Waals surface area (Å²) in [6, 6.07) is 1.15. The summed E-state index contributed by atoms with van der Waals surface area (Å²) in [6.07, 6.45) is 7.42. The first-order valence-corrected chi connectivity index (χ1v) is 7.76. The molecule has 0 aromatic heterocycles. The van der Waals surface area contributed by atoms with Crippen molar-refractivity contribution in [2.75, 3.05) is 19.6 Å². The predicted octanol–water partition coefficient (Wildman–Crippen LogP) is 2.67. The Morgan fingerprint density at radius 3 is 2.47 bits per heavy atom. The van der Waals surface area contributed by atoms with Gasteiger partial charge in [0.15, 0.2) is 0 Å². The van der Waals surface area contributed by atoms with Gasteiger partial charge in [-0.05, 0) is 25.2 Å². The lowest BCUT2D eigenvalue weighted by Crippen LogP contribution is -2.55. The Bertz CT molecular complexity index is 313. The topological polar surface area (TPSA) is 23.6 Å². The first kappa shape index (κ1) is 14.6. The van der Waals surface area contributed by atoms with Crippen molar-refractivity contribution in [1.82, 2.24) is 9.80 Å². The van der Waals surface area contributed by atoms with Crippen molar-refractivity contribution in [3.05, 3.63) is 12.7 Å². The largest absolute Gasteiger partial charge is 0.340 e. The highest BCUT2D eigenvalue weighted by Gasteiger charge is 2.40. The Kier molecular flexibility index (Phi) is 5.03. The van der Waals surface area contributed by atoms with E-state index in [1.165, 1.54) is 12.8 Å². The molecule has 0 aliphatic carbocycles. The van der Waals surface area contributed by atoms with E-state index >= 15 is 0 Å². The number of nitrogens with zero attached hydrogens (tertiary/aromatic N) is 2. The van der Waals surface area contributed by atoms with E-state index in [-0.39, 0.29) is 0 Å². The molecular formula is C16H28N2O.